The Morgan fingerprint density at radius 2 is 1.73 bits per heavy atom. The van der Waals surface area contributed by atoms with Gasteiger partial charge in [0.1, 0.15) is 12.4 Å². The molecule has 2 heterocycles. The molecule has 204 valence electrons. The number of aromatic nitrogens is 2. The van der Waals surface area contributed by atoms with Gasteiger partial charge in [0.2, 0.25) is 0 Å². The highest BCUT2D eigenvalue weighted by atomic mass is 19.1. The third-order valence-electron chi connectivity index (χ3n) is 6.77. The summed E-state index contributed by atoms with van der Waals surface area (Å²) in [7, 11) is 3.14. The van der Waals surface area contributed by atoms with E-state index >= 15 is 0 Å². The molecule has 5 rings (SSSR count). The molecule has 0 saturated carbocycles. The number of hydrogen-bond donors (Lipinski definition) is 2. The Labute approximate surface area is 230 Å². The highest BCUT2D eigenvalue weighted by Gasteiger charge is 2.38. The number of hydrogen-bond acceptors (Lipinski definition) is 5. The van der Waals surface area contributed by atoms with E-state index in [-0.39, 0.29) is 47.8 Å². The van der Waals surface area contributed by atoms with E-state index in [9.17, 15) is 18.8 Å². The molecule has 3 amide bonds. The lowest BCUT2D eigenvalue weighted by molar-refractivity contribution is 0.0717. The smallest absolute Gasteiger partial charge is 0.275 e. The number of rotatable bonds is 8. The topological polar surface area (TPSA) is 106 Å². The minimum Gasteiger partial charge on any atom is -0.484 e. The summed E-state index contributed by atoms with van der Waals surface area (Å²) in [5.41, 5.74) is 2.42. The molecule has 0 saturated heterocycles. The molecule has 1 aromatic heterocycles. The molecule has 40 heavy (non-hydrogen) atoms. The monoisotopic (exact) mass is 541 g/mol. The van der Waals surface area contributed by atoms with Gasteiger partial charge in [-0.25, -0.2) is 9.07 Å². The van der Waals surface area contributed by atoms with Crippen molar-refractivity contribution in [3.05, 3.63) is 118 Å². The van der Waals surface area contributed by atoms with Crippen LogP contribution in [-0.2, 0) is 13.2 Å². The first-order valence-corrected chi connectivity index (χ1v) is 12.8. The Morgan fingerprint density at radius 1 is 1.02 bits per heavy atom. The molecule has 2 N–H and O–H groups in total. The van der Waals surface area contributed by atoms with E-state index in [1.165, 1.54) is 19.2 Å². The second-order valence-electron chi connectivity index (χ2n) is 9.42. The van der Waals surface area contributed by atoms with Crippen molar-refractivity contribution >= 4 is 17.7 Å². The molecule has 0 fully saturated rings. The first kappa shape index (κ1) is 26.6. The summed E-state index contributed by atoms with van der Waals surface area (Å²) in [5.74, 6) is -1.89. The molecule has 4 aromatic rings. The fourth-order valence-electron chi connectivity index (χ4n) is 4.69. The Morgan fingerprint density at radius 3 is 2.42 bits per heavy atom. The Hall–Kier alpha value is -4.99. The van der Waals surface area contributed by atoms with Crippen molar-refractivity contribution in [2.24, 2.45) is 0 Å². The summed E-state index contributed by atoms with van der Waals surface area (Å²) < 4.78 is 21.5. The van der Waals surface area contributed by atoms with E-state index < -0.39 is 17.6 Å². The second-order valence-corrected chi connectivity index (χ2v) is 9.42. The van der Waals surface area contributed by atoms with E-state index in [4.69, 9.17) is 4.74 Å². The largest absolute Gasteiger partial charge is 0.484 e. The molecular formula is C30H28FN5O4. The fourth-order valence-corrected chi connectivity index (χ4v) is 4.69. The third-order valence-corrected chi connectivity index (χ3v) is 6.77. The molecule has 1 atom stereocenters. The molecule has 1 unspecified atom stereocenters. The number of carbonyl (C=O) groups excluding carboxylic acids is 3. The Balaban J connectivity index is 1.52. The zero-order chi connectivity index (χ0) is 28.2. The van der Waals surface area contributed by atoms with E-state index in [1.54, 1.807) is 16.6 Å². The maximum atomic E-state index is 13.8. The lowest BCUT2D eigenvalue weighted by atomic mass is 10.0. The summed E-state index contributed by atoms with van der Waals surface area (Å²) in [6.07, 6.45) is 0. The van der Waals surface area contributed by atoms with Crippen molar-refractivity contribution in [2.45, 2.75) is 19.2 Å². The van der Waals surface area contributed by atoms with E-state index in [1.807, 2.05) is 60.7 Å². The van der Waals surface area contributed by atoms with Crippen molar-refractivity contribution in [1.29, 1.82) is 0 Å². The van der Waals surface area contributed by atoms with Crippen LogP contribution in [0, 0.1) is 5.82 Å². The number of halogens is 1. The first-order chi connectivity index (χ1) is 19.4. The van der Waals surface area contributed by atoms with Gasteiger partial charge in [-0.05, 0) is 28.8 Å². The molecule has 0 aliphatic carbocycles. The van der Waals surface area contributed by atoms with Crippen LogP contribution in [0.15, 0.2) is 78.9 Å². The van der Waals surface area contributed by atoms with Gasteiger partial charge in [-0.2, -0.15) is 5.10 Å². The lowest BCUT2D eigenvalue weighted by Gasteiger charge is -2.31. The quantitative estimate of drug-likeness (QED) is 0.355. The Bertz CT molecular complexity index is 1560. The lowest BCUT2D eigenvalue weighted by Crippen LogP contribution is -2.41. The number of benzene rings is 3. The van der Waals surface area contributed by atoms with E-state index in [2.05, 4.69) is 15.7 Å². The maximum absolute atomic E-state index is 13.8. The van der Waals surface area contributed by atoms with E-state index in [0.717, 1.165) is 17.2 Å². The van der Waals surface area contributed by atoms with Gasteiger partial charge in [0.05, 0.1) is 6.04 Å². The van der Waals surface area contributed by atoms with Crippen LogP contribution in [-0.4, -0.2) is 53.0 Å². The summed E-state index contributed by atoms with van der Waals surface area (Å²) >= 11 is 0. The predicted molar refractivity (Wildman–Crippen MR) is 146 cm³/mol. The molecule has 0 bridgehead atoms. The summed E-state index contributed by atoms with van der Waals surface area (Å²) in [5, 5.41) is 9.83. The SMILES string of the molecule is CNC(=O)c1cc(F)ccc1CNC(=O)c1nn2c(c1OCc1ccccc1)C(=O)N(C)CC2c1ccccc1. The predicted octanol–water partition coefficient (Wildman–Crippen LogP) is 3.57. The first-order valence-electron chi connectivity index (χ1n) is 12.8. The van der Waals surface area contributed by atoms with Crippen LogP contribution < -0.4 is 15.4 Å². The number of nitrogens with one attached hydrogen (secondary N) is 2. The van der Waals surface area contributed by atoms with Crippen LogP contribution in [0.5, 0.6) is 5.75 Å². The van der Waals surface area contributed by atoms with Gasteiger partial charge >= 0.3 is 0 Å². The summed E-state index contributed by atoms with van der Waals surface area (Å²) in [6, 6.07) is 22.4. The van der Waals surface area contributed by atoms with Gasteiger partial charge in [-0.3, -0.25) is 14.4 Å². The van der Waals surface area contributed by atoms with E-state index in [0.29, 0.717) is 12.1 Å². The van der Waals surface area contributed by atoms with Crippen LogP contribution >= 0.6 is 0 Å². The van der Waals surface area contributed by atoms with Crippen molar-refractivity contribution in [3.8, 4) is 5.75 Å². The molecule has 10 heteroatoms. The van der Waals surface area contributed by atoms with Gasteiger partial charge in [-0.15, -0.1) is 0 Å². The summed E-state index contributed by atoms with van der Waals surface area (Å²) in [4.78, 5) is 40.8. The number of ether oxygens (including phenoxy) is 1. The standard InChI is InChI=1S/C30H28FN5O4/c1-32-28(37)23-15-22(31)14-13-21(23)16-33-29(38)25-27(40-18-19-9-5-3-6-10-19)26-30(39)35(2)17-24(36(26)34-25)20-11-7-4-8-12-20/h3-15,24H,16-18H2,1-2H3,(H,32,37)(H,33,38). The van der Waals surface area contributed by atoms with Crippen molar-refractivity contribution < 1.29 is 23.5 Å². The normalized spacial score (nSPS) is 14.4. The third kappa shape index (κ3) is 5.28. The van der Waals surface area contributed by atoms with Gasteiger partial charge in [0.15, 0.2) is 17.1 Å². The number of fused-ring (bicyclic) bond motifs is 1. The zero-order valence-electron chi connectivity index (χ0n) is 22.1. The van der Waals surface area contributed by atoms with Gasteiger partial charge < -0.3 is 20.3 Å². The molecule has 1 aliphatic rings. The average molecular weight is 542 g/mol. The molecule has 0 radical (unpaired) electrons. The van der Waals surface area contributed by atoms with Crippen molar-refractivity contribution in [3.63, 3.8) is 0 Å². The Kier molecular flexibility index (Phi) is 7.59. The van der Waals surface area contributed by atoms with Gasteiger partial charge in [0, 0.05) is 32.7 Å². The summed E-state index contributed by atoms with van der Waals surface area (Å²) in [6.45, 7) is 0.408. The highest BCUT2D eigenvalue weighted by molar-refractivity contribution is 6.03. The van der Waals surface area contributed by atoms with Crippen molar-refractivity contribution in [2.75, 3.05) is 20.6 Å². The number of likely N-dealkylation sites (N-methyl/N-ethyl adjacent to an activating group) is 1. The number of nitrogens with zero attached hydrogens (tertiary/aromatic N) is 3. The van der Waals surface area contributed by atoms with Crippen molar-refractivity contribution in [1.82, 2.24) is 25.3 Å². The molecule has 9 nitrogen and oxygen atoms in total. The van der Waals surface area contributed by atoms with Crippen LogP contribution in [0.25, 0.3) is 0 Å². The second kappa shape index (κ2) is 11.4. The van der Waals surface area contributed by atoms with Gasteiger partial charge in [0.25, 0.3) is 17.7 Å². The molecule has 3 aromatic carbocycles. The minimum absolute atomic E-state index is 0.0564. The van der Waals surface area contributed by atoms with Gasteiger partial charge in [-0.1, -0.05) is 66.7 Å². The van der Waals surface area contributed by atoms with Crippen LogP contribution in [0.2, 0.25) is 0 Å². The molecular weight excluding hydrogens is 513 g/mol. The van der Waals surface area contributed by atoms with Crippen LogP contribution in [0.4, 0.5) is 4.39 Å². The average Bonchev–Trinajstić information content (AvgIpc) is 3.37. The van der Waals surface area contributed by atoms with Crippen LogP contribution in [0.3, 0.4) is 0 Å². The minimum atomic E-state index is -0.598. The molecule has 1 aliphatic heterocycles. The molecule has 0 spiro atoms. The maximum Gasteiger partial charge on any atom is 0.275 e. The van der Waals surface area contributed by atoms with Crippen LogP contribution in [0.1, 0.15) is 54.1 Å². The highest BCUT2D eigenvalue weighted by Crippen LogP contribution is 2.34. The number of carbonyl (C=O) groups is 3. The number of amides is 3. The zero-order valence-corrected chi connectivity index (χ0v) is 22.1. The fraction of sp³-hybridized carbons (Fsp3) is 0.200.